The summed E-state index contributed by atoms with van der Waals surface area (Å²) in [4.78, 5) is 19.1. The van der Waals surface area contributed by atoms with E-state index in [0.717, 1.165) is 17.3 Å². The van der Waals surface area contributed by atoms with E-state index in [0.29, 0.717) is 15.8 Å². The zero-order chi connectivity index (χ0) is 20.5. The smallest absolute Gasteiger partial charge is 0.266 e. The summed E-state index contributed by atoms with van der Waals surface area (Å²) in [5.74, 6) is -0.917. The van der Waals surface area contributed by atoms with E-state index >= 15 is 0 Å². The number of amidine groups is 1. The van der Waals surface area contributed by atoms with Crippen LogP contribution in [0.1, 0.15) is 11.3 Å². The molecule has 0 aliphatic carbocycles. The molecule has 1 saturated heterocycles. The van der Waals surface area contributed by atoms with Gasteiger partial charge in [0.05, 0.1) is 16.2 Å². The highest BCUT2D eigenvalue weighted by molar-refractivity contribution is 8.18. The molecule has 0 atom stereocenters. The van der Waals surface area contributed by atoms with E-state index in [1.807, 2.05) is 31.2 Å². The van der Waals surface area contributed by atoms with Crippen LogP contribution in [0.4, 0.5) is 14.5 Å². The molecule has 0 spiro atoms. The van der Waals surface area contributed by atoms with Gasteiger partial charge < -0.3 is 4.42 Å². The van der Waals surface area contributed by atoms with Crippen molar-refractivity contribution in [1.29, 1.82) is 0 Å². The SMILES string of the molecule is Cc1ccccc1N=C1S/C(=C/c2ccc(-c3ccc(F)cc3F)o2)C(=O)N1C. The molecule has 2 heterocycles. The maximum absolute atomic E-state index is 14.0. The van der Waals surface area contributed by atoms with Gasteiger partial charge in [-0.3, -0.25) is 9.69 Å². The molecule has 4 nitrogen and oxygen atoms in total. The Balaban J connectivity index is 1.61. The third kappa shape index (κ3) is 3.86. The Morgan fingerprint density at radius 1 is 1.10 bits per heavy atom. The van der Waals surface area contributed by atoms with Gasteiger partial charge in [-0.15, -0.1) is 0 Å². The number of aliphatic imine (C=N–C) groups is 1. The Morgan fingerprint density at radius 2 is 1.90 bits per heavy atom. The third-order valence-electron chi connectivity index (χ3n) is 4.43. The predicted molar refractivity (Wildman–Crippen MR) is 111 cm³/mol. The molecule has 1 aliphatic heterocycles. The number of hydrogen-bond acceptors (Lipinski definition) is 4. The van der Waals surface area contributed by atoms with Gasteiger partial charge in [-0.2, -0.15) is 0 Å². The Labute approximate surface area is 170 Å². The topological polar surface area (TPSA) is 45.8 Å². The van der Waals surface area contributed by atoms with Crippen LogP contribution in [0.3, 0.4) is 0 Å². The van der Waals surface area contributed by atoms with E-state index < -0.39 is 11.6 Å². The number of para-hydroxylation sites is 1. The summed E-state index contributed by atoms with van der Waals surface area (Å²) < 4.78 is 32.7. The van der Waals surface area contributed by atoms with Crippen molar-refractivity contribution in [3.63, 3.8) is 0 Å². The molecule has 1 aliphatic rings. The maximum atomic E-state index is 14.0. The summed E-state index contributed by atoms with van der Waals surface area (Å²) >= 11 is 1.24. The van der Waals surface area contributed by atoms with E-state index in [4.69, 9.17) is 4.42 Å². The van der Waals surface area contributed by atoms with Gasteiger partial charge in [-0.05, 0) is 54.6 Å². The van der Waals surface area contributed by atoms with Crippen molar-refractivity contribution in [1.82, 2.24) is 4.90 Å². The van der Waals surface area contributed by atoms with Crippen molar-refractivity contribution in [3.05, 3.63) is 82.5 Å². The highest BCUT2D eigenvalue weighted by Gasteiger charge is 2.30. The molecule has 1 fully saturated rings. The largest absolute Gasteiger partial charge is 0.457 e. The zero-order valence-corrected chi connectivity index (χ0v) is 16.5. The van der Waals surface area contributed by atoms with Crippen molar-refractivity contribution in [2.45, 2.75) is 6.92 Å². The summed E-state index contributed by atoms with van der Waals surface area (Å²) in [5, 5.41) is 0.562. The predicted octanol–water partition coefficient (Wildman–Crippen LogP) is 5.77. The lowest BCUT2D eigenvalue weighted by atomic mass is 10.1. The molecule has 29 heavy (non-hydrogen) atoms. The number of amides is 1. The quantitative estimate of drug-likeness (QED) is 0.515. The van der Waals surface area contributed by atoms with Crippen molar-refractivity contribution >= 4 is 34.6 Å². The maximum Gasteiger partial charge on any atom is 0.266 e. The molecule has 146 valence electrons. The summed E-state index contributed by atoms with van der Waals surface area (Å²) in [5.41, 5.74) is 1.96. The van der Waals surface area contributed by atoms with Crippen LogP contribution < -0.4 is 0 Å². The molecule has 3 aromatic rings. The van der Waals surface area contributed by atoms with Crippen molar-refractivity contribution in [2.24, 2.45) is 4.99 Å². The van der Waals surface area contributed by atoms with Gasteiger partial charge in [0, 0.05) is 19.2 Å². The average Bonchev–Trinajstić information content (AvgIpc) is 3.24. The number of carbonyl (C=O) groups excluding carboxylic acids is 1. The van der Waals surface area contributed by atoms with Crippen LogP contribution >= 0.6 is 11.8 Å². The Morgan fingerprint density at radius 3 is 2.66 bits per heavy atom. The Hall–Kier alpha value is -3.19. The number of carbonyl (C=O) groups is 1. The van der Waals surface area contributed by atoms with Gasteiger partial charge in [-0.25, -0.2) is 13.8 Å². The summed E-state index contributed by atoms with van der Waals surface area (Å²) in [7, 11) is 1.66. The van der Waals surface area contributed by atoms with Crippen molar-refractivity contribution < 1.29 is 18.0 Å². The van der Waals surface area contributed by atoms with E-state index in [-0.39, 0.29) is 17.2 Å². The number of furan rings is 1. The number of aryl methyl sites for hydroxylation is 1. The normalized spacial score (nSPS) is 17.0. The van der Waals surface area contributed by atoms with Crippen molar-refractivity contribution in [2.75, 3.05) is 7.05 Å². The first-order chi connectivity index (χ1) is 13.9. The molecule has 2 aromatic carbocycles. The highest BCUT2D eigenvalue weighted by Crippen LogP contribution is 2.35. The third-order valence-corrected chi connectivity index (χ3v) is 5.49. The van der Waals surface area contributed by atoms with Gasteiger partial charge in [-0.1, -0.05) is 18.2 Å². The van der Waals surface area contributed by atoms with Crippen LogP contribution in [0.2, 0.25) is 0 Å². The minimum absolute atomic E-state index is 0.153. The minimum atomic E-state index is -0.711. The first-order valence-corrected chi connectivity index (χ1v) is 9.61. The van der Waals surface area contributed by atoms with Crippen LogP contribution in [0.5, 0.6) is 0 Å². The first-order valence-electron chi connectivity index (χ1n) is 8.79. The molecular weight excluding hydrogens is 394 g/mol. The van der Waals surface area contributed by atoms with E-state index in [1.165, 1.54) is 28.8 Å². The highest BCUT2D eigenvalue weighted by atomic mass is 32.2. The van der Waals surface area contributed by atoms with Crippen LogP contribution in [-0.4, -0.2) is 23.0 Å². The van der Waals surface area contributed by atoms with Gasteiger partial charge in [0.1, 0.15) is 23.2 Å². The molecule has 4 rings (SSSR count). The molecule has 1 aromatic heterocycles. The van der Waals surface area contributed by atoms with E-state index in [9.17, 15) is 13.6 Å². The molecule has 0 N–H and O–H groups in total. The standard InChI is InChI=1S/C22H16F2N2O2S/c1-13-5-3-4-6-18(13)25-22-26(2)21(27)20(29-22)12-15-8-10-19(28-15)16-9-7-14(23)11-17(16)24/h3-12H,1-2H3/b20-12+,25-22?. The van der Waals surface area contributed by atoms with E-state index in [2.05, 4.69) is 4.99 Å². The van der Waals surface area contributed by atoms with Gasteiger partial charge in [0.15, 0.2) is 5.17 Å². The number of rotatable bonds is 3. The second kappa shape index (κ2) is 7.67. The first kappa shape index (κ1) is 19.1. The number of halogens is 2. The van der Waals surface area contributed by atoms with Gasteiger partial charge in [0.25, 0.3) is 5.91 Å². The van der Waals surface area contributed by atoms with Crippen molar-refractivity contribution in [3.8, 4) is 11.3 Å². The fourth-order valence-electron chi connectivity index (χ4n) is 2.84. The summed E-state index contributed by atoms with van der Waals surface area (Å²) in [6.07, 6.45) is 1.59. The molecule has 7 heteroatoms. The van der Waals surface area contributed by atoms with Gasteiger partial charge >= 0.3 is 0 Å². The Bertz CT molecular complexity index is 1170. The van der Waals surface area contributed by atoms with Crippen LogP contribution in [0, 0.1) is 18.6 Å². The van der Waals surface area contributed by atoms with Crippen LogP contribution in [0.25, 0.3) is 17.4 Å². The lowest BCUT2D eigenvalue weighted by molar-refractivity contribution is -0.121. The second-order valence-electron chi connectivity index (χ2n) is 6.48. The fourth-order valence-corrected chi connectivity index (χ4v) is 3.80. The number of thioether (sulfide) groups is 1. The molecule has 0 bridgehead atoms. The monoisotopic (exact) mass is 410 g/mol. The molecule has 0 unspecified atom stereocenters. The molecule has 0 radical (unpaired) electrons. The number of benzene rings is 2. The summed E-state index contributed by atoms with van der Waals surface area (Å²) in [6, 6.07) is 14.2. The Kier molecular flexibility index (Phi) is 5.07. The van der Waals surface area contributed by atoms with Crippen LogP contribution in [0.15, 0.2) is 68.9 Å². The second-order valence-corrected chi connectivity index (χ2v) is 7.49. The number of hydrogen-bond donors (Lipinski definition) is 0. The van der Waals surface area contributed by atoms with E-state index in [1.54, 1.807) is 25.3 Å². The molecular formula is C22H16F2N2O2S. The average molecular weight is 410 g/mol. The lowest BCUT2D eigenvalue weighted by Gasteiger charge is -2.08. The van der Waals surface area contributed by atoms with Crippen LogP contribution in [-0.2, 0) is 4.79 Å². The lowest BCUT2D eigenvalue weighted by Crippen LogP contribution is -2.23. The molecule has 0 saturated carbocycles. The number of likely N-dealkylation sites (N-methyl/N-ethyl adjacent to an activating group) is 1. The fraction of sp³-hybridized carbons (Fsp3) is 0.0909. The summed E-state index contributed by atoms with van der Waals surface area (Å²) in [6.45, 7) is 1.95. The molecule has 1 amide bonds. The zero-order valence-electron chi connectivity index (χ0n) is 15.6. The minimum Gasteiger partial charge on any atom is -0.457 e. The van der Waals surface area contributed by atoms with Gasteiger partial charge in [0.2, 0.25) is 0 Å². The number of nitrogens with zero attached hydrogens (tertiary/aromatic N) is 2.